The maximum absolute atomic E-state index is 9.15. The van der Waals surface area contributed by atoms with Gasteiger partial charge in [0, 0.05) is 33.9 Å². The first kappa shape index (κ1) is 18.8. The highest BCUT2D eigenvalue weighted by Gasteiger charge is 2.16. The van der Waals surface area contributed by atoms with E-state index >= 15 is 0 Å². The second-order valence-corrected chi connectivity index (χ2v) is 7.36. The minimum Gasteiger partial charge on any atom is -0.489 e. The van der Waals surface area contributed by atoms with E-state index in [1.54, 1.807) is 0 Å². The quantitative estimate of drug-likeness (QED) is 0.427. The van der Waals surface area contributed by atoms with Crippen LogP contribution in [0.2, 0.25) is 0 Å². The number of fused-ring (bicyclic) bond motifs is 3. The first-order chi connectivity index (χ1) is 13.7. The number of aliphatic hydroxyl groups excluding tert-OH is 1. The molecular formula is C22H22N2O3S. The Balaban J connectivity index is 1.93. The van der Waals surface area contributed by atoms with Crippen molar-refractivity contribution in [2.75, 3.05) is 19.8 Å². The molecule has 0 bridgehead atoms. The maximum Gasteiger partial charge on any atom is 0.143 e. The van der Waals surface area contributed by atoms with Crippen LogP contribution in [-0.2, 0) is 4.18 Å². The third-order valence-electron chi connectivity index (χ3n) is 4.47. The Hall–Kier alpha value is -2.54. The summed E-state index contributed by atoms with van der Waals surface area (Å²) in [6.07, 6.45) is 1.85. The summed E-state index contributed by atoms with van der Waals surface area (Å²) in [4.78, 5) is 9.00. The lowest BCUT2D eigenvalue weighted by molar-refractivity contribution is 0.202. The van der Waals surface area contributed by atoms with Crippen molar-refractivity contribution in [1.29, 1.82) is 0 Å². The highest BCUT2D eigenvalue weighted by molar-refractivity contribution is 7.94. The summed E-state index contributed by atoms with van der Waals surface area (Å²) in [6.45, 7) is 4.89. The molecule has 0 aliphatic heterocycles. The minimum absolute atomic E-state index is 0.0302. The van der Waals surface area contributed by atoms with E-state index in [0.29, 0.717) is 12.4 Å². The van der Waals surface area contributed by atoms with Crippen molar-refractivity contribution in [3.05, 3.63) is 54.2 Å². The van der Waals surface area contributed by atoms with Gasteiger partial charge in [0.2, 0.25) is 0 Å². The third kappa shape index (κ3) is 3.58. The topological polar surface area (TPSA) is 67.4 Å². The summed E-state index contributed by atoms with van der Waals surface area (Å²) in [5, 5.41) is 11.3. The smallest absolute Gasteiger partial charge is 0.143 e. The van der Waals surface area contributed by atoms with Gasteiger partial charge in [-0.1, -0.05) is 12.1 Å². The Kier molecular flexibility index (Phi) is 5.52. The maximum atomic E-state index is 9.15. The number of ether oxygens (including phenoxy) is 1. The van der Waals surface area contributed by atoms with Gasteiger partial charge in [-0.15, -0.1) is 0 Å². The Morgan fingerprint density at radius 3 is 2.89 bits per heavy atom. The van der Waals surface area contributed by atoms with Gasteiger partial charge in [-0.3, -0.25) is 0 Å². The van der Waals surface area contributed by atoms with Crippen molar-refractivity contribution in [2.24, 2.45) is 0 Å². The molecule has 2 aromatic carbocycles. The summed E-state index contributed by atoms with van der Waals surface area (Å²) in [7, 11) is 0. The van der Waals surface area contributed by atoms with Crippen LogP contribution in [0.15, 0.2) is 53.6 Å². The number of nitrogens with zero attached hydrogens (tertiary/aromatic N) is 1. The lowest BCUT2D eigenvalue weighted by atomic mass is 9.99. The van der Waals surface area contributed by atoms with Crippen LogP contribution in [0, 0.1) is 6.92 Å². The zero-order valence-electron chi connectivity index (χ0n) is 15.9. The molecule has 2 heterocycles. The van der Waals surface area contributed by atoms with Crippen molar-refractivity contribution in [3.8, 4) is 16.9 Å². The molecule has 0 atom stereocenters. The van der Waals surface area contributed by atoms with Crippen LogP contribution in [-0.4, -0.2) is 34.9 Å². The number of H-pyrrole nitrogens is 1. The van der Waals surface area contributed by atoms with Crippen LogP contribution >= 0.6 is 12.0 Å². The summed E-state index contributed by atoms with van der Waals surface area (Å²) >= 11 is 1.38. The zero-order valence-corrected chi connectivity index (χ0v) is 16.7. The fourth-order valence-corrected chi connectivity index (χ4v) is 3.89. The predicted octanol–water partition coefficient (Wildman–Crippen LogP) is 5.11. The number of aliphatic hydroxyl groups is 1. The molecule has 0 radical (unpaired) electrons. The van der Waals surface area contributed by atoms with Crippen LogP contribution < -0.4 is 4.74 Å². The number of hydrogen-bond donors (Lipinski definition) is 2. The third-order valence-corrected chi connectivity index (χ3v) is 5.27. The van der Waals surface area contributed by atoms with Gasteiger partial charge < -0.3 is 19.0 Å². The largest absolute Gasteiger partial charge is 0.489 e. The number of nitrogens with one attached hydrogen (secondary N) is 1. The van der Waals surface area contributed by atoms with Gasteiger partial charge in [0.25, 0.3) is 0 Å². The fraction of sp³-hybridized carbons (Fsp3) is 0.227. The summed E-state index contributed by atoms with van der Waals surface area (Å²) in [6, 6.07) is 14.5. The number of aromatic nitrogens is 2. The fourth-order valence-electron chi connectivity index (χ4n) is 3.32. The molecule has 6 heteroatoms. The van der Waals surface area contributed by atoms with Crippen molar-refractivity contribution in [3.63, 3.8) is 0 Å². The van der Waals surface area contributed by atoms with Crippen molar-refractivity contribution < 1.29 is 14.0 Å². The number of aromatic amines is 1. The minimum atomic E-state index is -0.0302. The standard InChI is InChI=1S/C22H22N2O3S/c1-3-27-28-16-6-4-5-15(12-16)17-7-8-19(26-10-9-25)21-20(17)18-11-14(2)13-23-22(18)24-21/h4-8,11-13,25H,3,9-10H2,1-2H3,(H,23,24). The molecule has 4 aromatic rings. The van der Waals surface area contributed by atoms with E-state index in [0.717, 1.165) is 43.5 Å². The molecular weight excluding hydrogens is 372 g/mol. The van der Waals surface area contributed by atoms with Crippen LogP contribution in [0.1, 0.15) is 12.5 Å². The van der Waals surface area contributed by atoms with Gasteiger partial charge in [0.05, 0.1) is 18.7 Å². The molecule has 0 saturated carbocycles. The molecule has 4 rings (SSSR count). The molecule has 0 amide bonds. The number of rotatable bonds is 7. The molecule has 0 spiro atoms. The molecule has 0 aliphatic rings. The summed E-state index contributed by atoms with van der Waals surface area (Å²) < 4.78 is 11.3. The number of pyridine rings is 1. The number of hydrogen-bond acceptors (Lipinski definition) is 5. The van der Waals surface area contributed by atoms with Crippen molar-refractivity contribution >= 4 is 34.0 Å². The average Bonchev–Trinajstić information content (AvgIpc) is 3.09. The summed E-state index contributed by atoms with van der Waals surface area (Å²) in [5.74, 6) is 0.711. The first-order valence-electron chi connectivity index (χ1n) is 9.26. The Labute approximate surface area is 167 Å². The normalized spacial score (nSPS) is 11.4. The first-order valence-corrected chi connectivity index (χ1v) is 10.00. The van der Waals surface area contributed by atoms with Crippen LogP contribution in [0.25, 0.3) is 33.1 Å². The Bertz CT molecular complexity index is 1120. The van der Waals surface area contributed by atoms with Crippen molar-refractivity contribution in [2.45, 2.75) is 18.7 Å². The second kappa shape index (κ2) is 8.22. The van der Waals surface area contributed by atoms with Gasteiger partial charge in [0.1, 0.15) is 18.0 Å². The average molecular weight is 394 g/mol. The van der Waals surface area contributed by atoms with E-state index in [1.165, 1.54) is 12.0 Å². The lowest BCUT2D eigenvalue weighted by Crippen LogP contribution is -2.02. The molecule has 28 heavy (non-hydrogen) atoms. The van der Waals surface area contributed by atoms with E-state index in [9.17, 15) is 0 Å². The molecule has 0 fully saturated rings. The lowest BCUT2D eigenvalue weighted by Gasteiger charge is -2.11. The van der Waals surface area contributed by atoms with Crippen LogP contribution in [0.3, 0.4) is 0 Å². The van der Waals surface area contributed by atoms with Gasteiger partial charge in [0.15, 0.2) is 0 Å². The van der Waals surface area contributed by atoms with Gasteiger partial charge in [-0.25, -0.2) is 4.98 Å². The Morgan fingerprint density at radius 1 is 1.18 bits per heavy atom. The van der Waals surface area contributed by atoms with E-state index in [2.05, 4.69) is 34.2 Å². The van der Waals surface area contributed by atoms with E-state index in [4.69, 9.17) is 14.0 Å². The van der Waals surface area contributed by atoms with Crippen LogP contribution in [0.5, 0.6) is 5.75 Å². The highest BCUT2D eigenvalue weighted by atomic mass is 32.2. The number of benzene rings is 2. The van der Waals surface area contributed by atoms with Crippen molar-refractivity contribution in [1.82, 2.24) is 9.97 Å². The molecule has 0 saturated heterocycles. The van der Waals surface area contributed by atoms with E-state index in [-0.39, 0.29) is 13.2 Å². The Morgan fingerprint density at radius 2 is 2.07 bits per heavy atom. The summed E-state index contributed by atoms with van der Waals surface area (Å²) in [5.41, 5.74) is 5.01. The molecule has 2 aromatic heterocycles. The second-order valence-electron chi connectivity index (χ2n) is 6.48. The molecule has 144 valence electrons. The van der Waals surface area contributed by atoms with E-state index in [1.807, 2.05) is 38.2 Å². The van der Waals surface area contributed by atoms with Crippen LogP contribution in [0.4, 0.5) is 0 Å². The molecule has 5 nitrogen and oxygen atoms in total. The van der Waals surface area contributed by atoms with E-state index < -0.39 is 0 Å². The van der Waals surface area contributed by atoms with Gasteiger partial charge in [-0.05, 0) is 60.9 Å². The predicted molar refractivity (Wildman–Crippen MR) is 114 cm³/mol. The zero-order chi connectivity index (χ0) is 19.5. The van der Waals surface area contributed by atoms with Gasteiger partial charge in [-0.2, -0.15) is 0 Å². The molecule has 2 N–H and O–H groups in total. The monoisotopic (exact) mass is 394 g/mol. The molecule has 0 aliphatic carbocycles. The molecule has 0 unspecified atom stereocenters. The number of aryl methyl sites for hydroxylation is 1. The SMILES string of the molecule is CCOSc1cccc(-c2ccc(OCCO)c3[nH]c4ncc(C)cc4c23)c1. The highest BCUT2D eigenvalue weighted by Crippen LogP contribution is 2.39. The van der Waals surface area contributed by atoms with Gasteiger partial charge >= 0.3 is 0 Å².